The minimum Gasteiger partial charge on any atom is -0.495 e. The summed E-state index contributed by atoms with van der Waals surface area (Å²) in [5, 5.41) is 4.09. The maximum atomic E-state index is 13.2. The van der Waals surface area contributed by atoms with Crippen LogP contribution in [-0.4, -0.2) is 26.2 Å². The molecule has 1 aliphatic heterocycles. The highest BCUT2D eigenvalue weighted by atomic mass is 35.5. The Kier molecular flexibility index (Phi) is 5.52. The molecule has 1 heterocycles. The zero-order valence-electron chi connectivity index (χ0n) is 13.9. The molecule has 4 nitrogen and oxygen atoms in total. The number of amides is 1. The van der Waals surface area contributed by atoms with Crippen LogP contribution in [0.1, 0.15) is 18.4 Å². The molecule has 3 rings (SSSR count). The van der Waals surface area contributed by atoms with Crippen LogP contribution >= 0.6 is 23.2 Å². The van der Waals surface area contributed by atoms with Crippen LogP contribution in [0.4, 0.5) is 5.69 Å². The first kappa shape index (κ1) is 18.1. The molecule has 6 heteroatoms. The van der Waals surface area contributed by atoms with E-state index in [2.05, 4.69) is 5.32 Å². The first-order valence-corrected chi connectivity index (χ1v) is 8.79. The summed E-state index contributed by atoms with van der Waals surface area (Å²) in [7, 11) is 1.55. The number of benzene rings is 2. The lowest BCUT2D eigenvalue weighted by Gasteiger charge is -2.36. The molecular weight excluding hydrogens is 361 g/mol. The van der Waals surface area contributed by atoms with Crippen molar-refractivity contribution >= 4 is 34.8 Å². The Bertz CT molecular complexity index is 756. The summed E-state index contributed by atoms with van der Waals surface area (Å²) < 4.78 is 10.6. The van der Waals surface area contributed by atoms with Gasteiger partial charge in [-0.25, -0.2) is 0 Å². The summed E-state index contributed by atoms with van der Waals surface area (Å²) in [5.41, 5.74) is 0.933. The minimum absolute atomic E-state index is 0.0700. The average molecular weight is 380 g/mol. The second-order valence-corrected chi connectivity index (χ2v) is 6.85. The number of carbonyl (C=O) groups is 1. The summed E-state index contributed by atoms with van der Waals surface area (Å²) in [6.07, 6.45) is 1.23. The van der Waals surface area contributed by atoms with Crippen molar-refractivity contribution in [3.63, 3.8) is 0 Å². The highest BCUT2D eigenvalue weighted by Crippen LogP contribution is 2.37. The predicted octanol–water partition coefficient (Wildman–Crippen LogP) is 4.69. The molecule has 1 saturated heterocycles. The van der Waals surface area contributed by atoms with Gasteiger partial charge in [-0.3, -0.25) is 4.79 Å². The highest BCUT2D eigenvalue weighted by molar-refractivity contribution is 6.32. The molecule has 1 amide bonds. The third kappa shape index (κ3) is 3.76. The molecule has 0 aromatic heterocycles. The fraction of sp³-hybridized carbons (Fsp3) is 0.316. The molecule has 0 saturated carbocycles. The van der Waals surface area contributed by atoms with Gasteiger partial charge in [0.05, 0.1) is 17.5 Å². The molecule has 0 spiro atoms. The molecule has 132 valence electrons. The second-order valence-electron chi connectivity index (χ2n) is 6.00. The number of ether oxygens (including phenoxy) is 2. The molecule has 2 aromatic carbocycles. The van der Waals surface area contributed by atoms with Gasteiger partial charge < -0.3 is 14.8 Å². The summed E-state index contributed by atoms with van der Waals surface area (Å²) in [6.45, 7) is 1.08. The van der Waals surface area contributed by atoms with E-state index in [1.54, 1.807) is 25.3 Å². The zero-order valence-corrected chi connectivity index (χ0v) is 15.4. The van der Waals surface area contributed by atoms with E-state index in [9.17, 15) is 4.79 Å². The van der Waals surface area contributed by atoms with Crippen LogP contribution in [0.15, 0.2) is 42.5 Å². The first-order valence-electron chi connectivity index (χ1n) is 8.04. The fourth-order valence-corrected chi connectivity index (χ4v) is 3.51. The number of nitrogens with one attached hydrogen (secondary N) is 1. The van der Waals surface area contributed by atoms with E-state index in [0.29, 0.717) is 47.5 Å². The van der Waals surface area contributed by atoms with Gasteiger partial charge in [0, 0.05) is 23.9 Å². The lowest BCUT2D eigenvalue weighted by Crippen LogP contribution is -2.44. The number of rotatable bonds is 4. The van der Waals surface area contributed by atoms with Gasteiger partial charge in [-0.05, 0) is 48.7 Å². The number of hydrogen-bond acceptors (Lipinski definition) is 3. The normalized spacial score (nSPS) is 16.3. The van der Waals surface area contributed by atoms with E-state index in [1.165, 1.54) is 0 Å². The summed E-state index contributed by atoms with van der Waals surface area (Å²) in [4.78, 5) is 13.2. The number of hydrogen-bond donors (Lipinski definition) is 1. The van der Waals surface area contributed by atoms with E-state index in [4.69, 9.17) is 32.7 Å². The smallest absolute Gasteiger partial charge is 0.235 e. The maximum absolute atomic E-state index is 13.2. The number of anilines is 1. The van der Waals surface area contributed by atoms with Gasteiger partial charge in [-0.15, -0.1) is 0 Å². The summed E-state index contributed by atoms with van der Waals surface area (Å²) >= 11 is 12.2. The predicted molar refractivity (Wildman–Crippen MR) is 99.8 cm³/mol. The van der Waals surface area contributed by atoms with E-state index >= 15 is 0 Å². The summed E-state index contributed by atoms with van der Waals surface area (Å²) in [5.74, 6) is 0.498. The molecule has 1 fully saturated rings. The van der Waals surface area contributed by atoms with E-state index in [-0.39, 0.29) is 5.91 Å². The molecule has 0 bridgehead atoms. The maximum Gasteiger partial charge on any atom is 0.235 e. The van der Waals surface area contributed by atoms with Crippen molar-refractivity contribution in [1.29, 1.82) is 0 Å². The minimum atomic E-state index is -0.644. The van der Waals surface area contributed by atoms with Crippen molar-refractivity contribution < 1.29 is 14.3 Å². The topological polar surface area (TPSA) is 47.6 Å². The van der Waals surface area contributed by atoms with Crippen molar-refractivity contribution in [2.75, 3.05) is 25.6 Å². The second kappa shape index (κ2) is 7.65. The van der Waals surface area contributed by atoms with E-state index in [0.717, 1.165) is 5.56 Å². The Morgan fingerprint density at radius 3 is 2.40 bits per heavy atom. The quantitative estimate of drug-likeness (QED) is 0.837. The molecule has 0 aliphatic carbocycles. The molecule has 1 aliphatic rings. The molecular formula is C19H19Cl2NO3. The van der Waals surface area contributed by atoms with Crippen LogP contribution in [0.25, 0.3) is 0 Å². The Hall–Kier alpha value is -1.75. The standard InChI is InChI=1S/C19H19Cl2NO3/c1-24-17-7-6-15(12-16(17)21)22-18(23)19(8-10-25-11-9-19)13-2-4-14(20)5-3-13/h2-7,12H,8-11H2,1H3,(H,22,23). The van der Waals surface area contributed by atoms with Crippen LogP contribution in [-0.2, 0) is 14.9 Å². The molecule has 0 radical (unpaired) electrons. The SMILES string of the molecule is COc1ccc(NC(=O)C2(c3ccc(Cl)cc3)CCOCC2)cc1Cl. The van der Waals surface area contributed by atoms with Crippen LogP contribution in [0, 0.1) is 0 Å². The number of carbonyl (C=O) groups excluding carboxylic acids is 1. The van der Waals surface area contributed by atoms with Crippen molar-refractivity contribution in [3.8, 4) is 5.75 Å². The van der Waals surface area contributed by atoms with Crippen molar-refractivity contribution in [2.45, 2.75) is 18.3 Å². The zero-order chi connectivity index (χ0) is 17.9. The van der Waals surface area contributed by atoms with Gasteiger partial charge in [-0.1, -0.05) is 35.3 Å². The Labute approximate surface area is 157 Å². The molecule has 1 N–H and O–H groups in total. The fourth-order valence-electron chi connectivity index (χ4n) is 3.13. The van der Waals surface area contributed by atoms with E-state index in [1.807, 2.05) is 24.3 Å². The van der Waals surface area contributed by atoms with Crippen molar-refractivity contribution in [1.82, 2.24) is 0 Å². The lowest BCUT2D eigenvalue weighted by atomic mass is 9.73. The number of methoxy groups -OCH3 is 1. The van der Waals surface area contributed by atoms with Crippen LogP contribution in [0.3, 0.4) is 0 Å². The van der Waals surface area contributed by atoms with Crippen LogP contribution < -0.4 is 10.1 Å². The van der Waals surface area contributed by atoms with Crippen molar-refractivity contribution in [3.05, 3.63) is 58.1 Å². The average Bonchev–Trinajstić information content (AvgIpc) is 2.63. The molecule has 2 aromatic rings. The third-order valence-corrected chi connectivity index (χ3v) is 5.13. The Morgan fingerprint density at radius 2 is 1.80 bits per heavy atom. The van der Waals surface area contributed by atoms with Gasteiger partial charge >= 0.3 is 0 Å². The van der Waals surface area contributed by atoms with E-state index < -0.39 is 5.41 Å². The largest absolute Gasteiger partial charge is 0.495 e. The van der Waals surface area contributed by atoms with Crippen molar-refractivity contribution in [2.24, 2.45) is 0 Å². The van der Waals surface area contributed by atoms with Crippen LogP contribution in [0.2, 0.25) is 10.0 Å². The summed E-state index contributed by atoms with van der Waals surface area (Å²) in [6, 6.07) is 12.6. The Balaban J connectivity index is 1.89. The lowest BCUT2D eigenvalue weighted by molar-refractivity contribution is -0.125. The monoisotopic (exact) mass is 379 g/mol. The van der Waals surface area contributed by atoms with Gasteiger partial charge in [-0.2, -0.15) is 0 Å². The third-order valence-electron chi connectivity index (χ3n) is 4.59. The number of halogens is 2. The van der Waals surface area contributed by atoms with Gasteiger partial charge in [0.25, 0.3) is 0 Å². The van der Waals surface area contributed by atoms with Gasteiger partial charge in [0.2, 0.25) is 5.91 Å². The van der Waals surface area contributed by atoms with Crippen LogP contribution in [0.5, 0.6) is 5.75 Å². The van der Waals surface area contributed by atoms with Gasteiger partial charge in [0.15, 0.2) is 0 Å². The highest BCUT2D eigenvalue weighted by Gasteiger charge is 2.41. The van der Waals surface area contributed by atoms with Gasteiger partial charge in [0.1, 0.15) is 5.75 Å². The molecule has 25 heavy (non-hydrogen) atoms. The first-order chi connectivity index (χ1) is 12.0. The molecule has 0 atom stereocenters. The molecule has 0 unspecified atom stereocenters. The Morgan fingerprint density at radius 1 is 1.12 bits per heavy atom.